The summed E-state index contributed by atoms with van der Waals surface area (Å²) in [6.45, 7) is 3.32. The van der Waals surface area contributed by atoms with Gasteiger partial charge in [-0.05, 0) is 44.9 Å². The lowest BCUT2D eigenvalue weighted by Gasteiger charge is -2.41. The molecule has 7 atom stereocenters. The molecule has 1 heterocycles. The monoisotopic (exact) mass is 778 g/mol. The van der Waals surface area contributed by atoms with Crippen molar-refractivity contribution in [2.75, 3.05) is 13.2 Å². The third kappa shape index (κ3) is 25.4. The molecule has 1 amide bonds. The van der Waals surface area contributed by atoms with Crippen molar-refractivity contribution in [2.45, 2.75) is 211 Å². The Morgan fingerprint density at radius 1 is 0.736 bits per heavy atom. The van der Waals surface area contributed by atoms with Crippen molar-refractivity contribution in [1.29, 1.82) is 0 Å². The first kappa shape index (κ1) is 49.6. The average Bonchev–Trinajstić information content (AvgIpc) is 3.12. The first-order valence-corrected chi connectivity index (χ1v) is 22.1. The Bertz CT molecular complexity index is 1060. The molecular formula is C40H75NO11S. The minimum absolute atomic E-state index is 0.259. The molecule has 1 fully saturated rings. The second-order valence-electron chi connectivity index (χ2n) is 14.6. The Morgan fingerprint density at radius 2 is 1.21 bits per heavy atom. The number of carbonyl (C=O) groups excluding carboxylic acids is 1. The van der Waals surface area contributed by atoms with Gasteiger partial charge in [-0.15, -0.1) is 0 Å². The quantitative estimate of drug-likeness (QED) is 0.0224. The molecule has 1 saturated heterocycles. The van der Waals surface area contributed by atoms with Crippen LogP contribution in [0.2, 0.25) is 0 Å². The number of hydrogen-bond acceptors (Lipinski definition) is 10. The zero-order valence-corrected chi connectivity index (χ0v) is 33.6. The number of hydrogen-bond donors (Lipinski definition) is 6. The highest BCUT2D eigenvalue weighted by Crippen LogP contribution is 2.26. The molecule has 0 spiro atoms. The van der Waals surface area contributed by atoms with Crippen LogP contribution in [0.5, 0.6) is 0 Å². The fourth-order valence-electron chi connectivity index (χ4n) is 6.45. The molecule has 12 nitrogen and oxygen atoms in total. The van der Waals surface area contributed by atoms with Crippen molar-refractivity contribution in [3.8, 4) is 0 Å². The number of rotatable bonds is 34. The van der Waals surface area contributed by atoms with Crippen molar-refractivity contribution in [2.24, 2.45) is 0 Å². The van der Waals surface area contributed by atoms with Gasteiger partial charge in [0.05, 0.1) is 25.4 Å². The standard InChI is InChI=1S/C40H75NO11S/c1-3-5-7-9-11-13-15-17-18-19-21-23-25-27-29-34(43)33(41-36(44)30-28-26-24-22-20-16-14-12-10-8-6-4-2)32-50-40-38(46)39(52-53(47,48)49)37(45)35(31-42)51-40/h12,14,27,29,33-35,37-40,42-43,45-46H,3-11,13,15-26,28,30-32H2,1-2H3,(H,41,44)(H,47,48,49)/b14-12-,29-27+. The summed E-state index contributed by atoms with van der Waals surface area (Å²) in [7, 11) is -5.08. The second kappa shape index (κ2) is 31.7. The molecule has 7 unspecified atom stereocenters. The van der Waals surface area contributed by atoms with Crippen LogP contribution in [-0.4, -0.2) is 95.4 Å². The molecule has 13 heteroatoms. The molecule has 0 radical (unpaired) electrons. The summed E-state index contributed by atoms with van der Waals surface area (Å²) in [5, 5.41) is 44.5. The highest BCUT2D eigenvalue weighted by Gasteiger charge is 2.48. The van der Waals surface area contributed by atoms with E-state index in [-0.39, 0.29) is 18.9 Å². The summed E-state index contributed by atoms with van der Waals surface area (Å²) in [5.74, 6) is -0.275. The van der Waals surface area contributed by atoms with Crippen LogP contribution in [0.4, 0.5) is 0 Å². The van der Waals surface area contributed by atoms with Crippen molar-refractivity contribution in [3.05, 3.63) is 24.3 Å². The predicted octanol–water partition coefficient (Wildman–Crippen LogP) is 6.99. The zero-order valence-electron chi connectivity index (χ0n) is 32.8. The molecule has 0 aromatic heterocycles. The Labute approximate surface area is 321 Å². The van der Waals surface area contributed by atoms with E-state index in [1.807, 2.05) is 6.08 Å². The molecule has 1 aliphatic heterocycles. The third-order valence-electron chi connectivity index (χ3n) is 9.73. The van der Waals surface area contributed by atoms with Gasteiger partial charge >= 0.3 is 10.4 Å². The van der Waals surface area contributed by atoms with E-state index >= 15 is 0 Å². The van der Waals surface area contributed by atoms with Crippen LogP contribution in [0.3, 0.4) is 0 Å². The van der Waals surface area contributed by atoms with Crippen LogP contribution in [0.25, 0.3) is 0 Å². The van der Waals surface area contributed by atoms with Gasteiger partial charge in [-0.1, -0.05) is 141 Å². The van der Waals surface area contributed by atoms with E-state index in [4.69, 9.17) is 14.0 Å². The first-order valence-electron chi connectivity index (χ1n) is 20.7. The van der Waals surface area contributed by atoms with E-state index in [9.17, 15) is 33.6 Å². The van der Waals surface area contributed by atoms with Gasteiger partial charge in [0, 0.05) is 6.42 Å². The Morgan fingerprint density at radius 3 is 1.74 bits per heavy atom. The fourth-order valence-corrected chi connectivity index (χ4v) is 6.96. The number of nitrogens with one attached hydrogen (secondary N) is 1. The molecule has 0 aromatic rings. The van der Waals surface area contributed by atoms with Crippen LogP contribution in [-0.2, 0) is 28.9 Å². The van der Waals surface area contributed by atoms with E-state index < -0.39 is 59.9 Å². The maximum absolute atomic E-state index is 12.9. The van der Waals surface area contributed by atoms with Gasteiger partial charge in [0.25, 0.3) is 0 Å². The summed E-state index contributed by atoms with van der Waals surface area (Å²) in [6, 6.07) is -0.944. The number of ether oxygens (including phenoxy) is 2. The number of allylic oxidation sites excluding steroid dienone is 3. The molecule has 1 aliphatic rings. The van der Waals surface area contributed by atoms with Gasteiger partial charge in [-0.2, -0.15) is 8.42 Å². The summed E-state index contributed by atoms with van der Waals surface area (Å²) in [4.78, 5) is 12.9. The molecule has 1 rings (SSSR count). The molecule has 6 N–H and O–H groups in total. The maximum atomic E-state index is 12.9. The number of unbranched alkanes of at least 4 members (excludes halogenated alkanes) is 20. The van der Waals surface area contributed by atoms with Gasteiger partial charge in [-0.3, -0.25) is 9.35 Å². The van der Waals surface area contributed by atoms with Crippen LogP contribution in [0.1, 0.15) is 168 Å². The summed E-state index contributed by atoms with van der Waals surface area (Å²) < 4.78 is 47.4. The highest BCUT2D eigenvalue weighted by molar-refractivity contribution is 7.80. The number of amides is 1. The Balaban J connectivity index is 2.62. The molecule has 0 bridgehead atoms. The van der Waals surface area contributed by atoms with Gasteiger partial charge in [0.2, 0.25) is 5.91 Å². The van der Waals surface area contributed by atoms with Gasteiger partial charge in [-0.25, -0.2) is 4.18 Å². The largest absolute Gasteiger partial charge is 0.397 e. The summed E-state index contributed by atoms with van der Waals surface area (Å²) in [6.07, 6.45) is 25.1. The normalized spacial score (nSPS) is 22.1. The Kier molecular flexibility index (Phi) is 29.7. The molecular weight excluding hydrogens is 703 g/mol. The van der Waals surface area contributed by atoms with Crippen LogP contribution in [0, 0.1) is 0 Å². The van der Waals surface area contributed by atoms with E-state index in [0.717, 1.165) is 57.8 Å². The number of aliphatic hydroxyl groups excluding tert-OH is 4. The lowest BCUT2D eigenvalue weighted by atomic mass is 9.99. The van der Waals surface area contributed by atoms with Crippen LogP contribution >= 0.6 is 0 Å². The lowest BCUT2D eigenvalue weighted by molar-refractivity contribution is -0.298. The SMILES string of the molecule is CCCCC/C=C\CCCCCCCC(=O)NC(COC1OC(CO)C(O)C(OS(=O)(=O)O)C1O)C(O)/C=C/CCCCCCCCCCCCCC. The Hall–Kier alpha value is -1.42. The number of aliphatic hydroxyl groups is 4. The average molecular weight is 778 g/mol. The van der Waals surface area contributed by atoms with E-state index in [0.29, 0.717) is 6.42 Å². The van der Waals surface area contributed by atoms with Gasteiger partial charge in [0.15, 0.2) is 6.29 Å². The minimum Gasteiger partial charge on any atom is -0.394 e. The predicted molar refractivity (Wildman–Crippen MR) is 209 cm³/mol. The van der Waals surface area contributed by atoms with Crippen molar-refractivity contribution < 1.29 is 51.8 Å². The topological polar surface area (TPSA) is 192 Å². The van der Waals surface area contributed by atoms with Crippen molar-refractivity contribution in [3.63, 3.8) is 0 Å². The summed E-state index contributed by atoms with van der Waals surface area (Å²) >= 11 is 0. The smallest absolute Gasteiger partial charge is 0.394 e. The molecule has 0 aliphatic carbocycles. The highest BCUT2D eigenvalue weighted by atomic mass is 32.3. The van der Waals surface area contributed by atoms with Crippen LogP contribution < -0.4 is 5.32 Å². The van der Waals surface area contributed by atoms with Gasteiger partial charge in [0.1, 0.15) is 24.4 Å². The first-order chi connectivity index (χ1) is 25.5. The van der Waals surface area contributed by atoms with Crippen LogP contribution in [0.15, 0.2) is 24.3 Å². The van der Waals surface area contributed by atoms with E-state index in [1.54, 1.807) is 6.08 Å². The van der Waals surface area contributed by atoms with E-state index in [1.165, 1.54) is 83.5 Å². The van der Waals surface area contributed by atoms with Crippen molar-refractivity contribution >= 4 is 16.3 Å². The van der Waals surface area contributed by atoms with Crippen molar-refractivity contribution in [1.82, 2.24) is 5.32 Å². The molecule has 0 aromatic carbocycles. The second-order valence-corrected chi connectivity index (χ2v) is 15.6. The molecule has 0 saturated carbocycles. The minimum atomic E-state index is -5.08. The molecule has 312 valence electrons. The fraction of sp³-hybridized carbons (Fsp3) is 0.875. The van der Waals surface area contributed by atoms with Gasteiger partial charge < -0.3 is 35.2 Å². The lowest BCUT2D eigenvalue weighted by Crippen LogP contribution is -2.61. The molecule has 53 heavy (non-hydrogen) atoms. The number of carbonyl (C=O) groups is 1. The maximum Gasteiger partial charge on any atom is 0.397 e. The third-order valence-corrected chi connectivity index (χ3v) is 10.2. The van der Waals surface area contributed by atoms with E-state index in [2.05, 4.69) is 35.5 Å². The summed E-state index contributed by atoms with van der Waals surface area (Å²) in [5.41, 5.74) is 0. The zero-order chi connectivity index (χ0) is 39.2.